The fourth-order valence-corrected chi connectivity index (χ4v) is 3.63. The minimum Gasteiger partial charge on any atom is -0.490 e. The maximum atomic E-state index is 12.4. The minimum absolute atomic E-state index is 0.180. The first kappa shape index (κ1) is 19.8. The van der Waals surface area contributed by atoms with Crippen LogP contribution in [0.3, 0.4) is 0 Å². The highest BCUT2D eigenvalue weighted by Crippen LogP contribution is 2.33. The maximum Gasteiger partial charge on any atom is 0.187 e. The van der Waals surface area contributed by atoms with Gasteiger partial charge in [0.15, 0.2) is 17.3 Å². The number of carbonyl (C=O) groups is 1. The molecule has 2 aromatic carbocycles. The molecule has 27 heavy (non-hydrogen) atoms. The molecular weight excluding hydrogens is 383 g/mol. The molecule has 1 saturated carbocycles. The topological polar surface area (TPSA) is 35.5 Å². The molecule has 0 atom stereocenters. The number of hydrogen-bond acceptors (Lipinski definition) is 3. The molecule has 3 rings (SSSR count). The van der Waals surface area contributed by atoms with Gasteiger partial charge in [-0.05, 0) is 74.6 Å². The van der Waals surface area contributed by atoms with Crippen LogP contribution >= 0.6 is 23.2 Å². The van der Waals surface area contributed by atoms with Crippen LogP contribution in [0, 0.1) is 0 Å². The number of carbonyl (C=O) groups excluding carboxylic acids is 1. The van der Waals surface area contributed by atoms with E-state index in [9.17, 15) is 4.79 Å². The highest BCUT2D eigenvalue weighted by molar-refractivity contribution is 6.37. The van der Waals surface area contributed by atoms with Gasteiger partial charge in [0.1, 0.15) is 0 Å². The summed E-state index contributed by atoms with van der Waals surface area (Å²) >= 11 is 12.0. The Kier molecular flexibility index (Phi) is 6.81. The van der Waals surface area contributed by atoms with Crippen LogP contribution in [0.2, 0.25) is 10.0 Å². The fraction of sp³-hybridized carbons (Fsp3) is 0.318. The molecule has 142 valence electrons. The molecule has 0 radical (unpaired) electrons. The normalized spacial score (nSPS) is 14.6. The van der Waals surface area contributed by atoms with Crippen molar-refractivity contribution >= 4 is 35.1 Å². The van der Waals surface area contributed by atoms with Crippen LogP contribution in [-0.2, 0) is 0 Å². The molecule has 0 amide bonds. The van der Waals surface area contributed by atoms with Gasteiger partial charge in [-0.25, -0.2) is 0 Å². The molecular formula is C22H22Cl2O3. The van der Waals surface area contributed by atoms with Gasteiger partial charge in [0, 0.05) is 10.6 Å². The summed E-state index contributed by atoms with van der Waals surface area (Å²) in [7, 11) is 0. The van der Waals surface area contributed by atoms with Crippen molar-refractivity contribution in [1.29, 1.82) is 0 Å². The van der Waals surface area contributed by atoms with Gasteiger partial charge in [0.05, 0.1) is 17.7 Å². The summed E-state index contributed by atoms with van der Waals surface area (Å²) in [4.78, 5) is 12.4. The van der Waals surface area contributed by atoms with Crippen LogP contribution < -0.4 is 9.47 Å². The number of allylic oxidation sites excluding steroid dienone is 1. The first-order valence-corrected chi connectivity index (χ1v) is 9.93. The lowest BCUT2D eigenvalue weighted by Gasteiger charge is -2.17. The number of hydrogen-bond donors (Lipinski definition) is 0. The van der Waals surface area contributed by atoms with Gasteiger partial charge in [-0.15, -0.1) is 0 Å². The predicted molar refractivity (Wildman–Crippen MR) is 110 cm³/mol. The fourth-order valence-electron chi connectivity index (χ4n) is 3.13. The number of ether oxygens (including phenoxy) is 2. The summed E-state index contributed by atoms with van der Waals surface area (Å²) < 4.78 is 11.8. The van der Waals surface area contributed by atoms with E-state index in [1.54, 1.807) is 24.3 Å². The molecule has 3 nitrogen and oxygen atoms in total. The maximum absolute atomic E-state index is 12.4. The summed E-state index contributed by atoms with van der Waals surface area (Å²) in [5, 5.41) is 0.840. The number of benzene rings is 2. The number of rotatable bonds is 7. The standard InChI is InChI=1S/C22H22Cl2O3/c1-2-26-22-13-15(8-12-21(22)27-17-5-3-4-6-17)7-11-20(25)18-10-9-16(23)14-19(18)24/h7-14,17H,2-6H2,1H3/b11-7+. The van der Waals surface area contributed by atoms with Crippen LogP contribution in [-0.4, -0.2) is 18.5 Å². The lowest BCUT2D eigenvalue weighted by atomic mass is 10.1. The van der Waals surface area contributed by atoms with E-state index in [0.29, 0.717) is 28.0 Å². The third kappa shape index (κ3) is 5.27. The van der Waals surface area contributed by atoms with Gasteiger partial charge in [-0.2, -0.15) is 0 Å². The van der Waals surface area contributed by atoms with Crippen molar-refractivity contribution < 1.29 is 14.3 Å². The highest BCUT2D eigenvalue weighted by atomic mass is 35.5. The SMILES string of the molecule is CCOc1cc(/C=C/C(=O)c2ccc(Cl)cc2Cl)ccc1OC1CCCC1. The van der Waals surface area contributed by atoms with Crippen molar-refractivity contribution in [3.63, 3.8) is 0 Å². The Balaban J connectivity index is 1.76. The van der Waals surface area contributed by atoms with Gasteiger partial charge in [0.25, 0.3) is 0 Å². The highest BCUT2D eigenvalue weighted by Gasteiger charge is 2.18. The second-order valence-electron chi connectivity index (χ2n) is 6.49. The number of halogens is 2. The second-order valence-corrected chi connectivity index (χ2v) is 7.33. The summed E-state index contributed by atoms with van der Waals surface area (Å²) in [5.41, 5.74) is 1.28. The largest absolute Gasteiger partial charge is 0.490 e. The molecule has 0 saturated heterocycles. The Morgan fingerprint density at radius 1 is 1.11 bits per heavy atom. The van der Waals surface area contributed by atoms with E-state index in [1.807, 2.05) is 25.1 Å². The van der Waals surface area contributed by atoms with Crippen molar-refractivity contribution in [3.8, 4) is 11.5 Å². The van der Waals surface area contributed by atoms with Crippen molar-refractivity contribution in [3.05, 3.63) is 63.6 Å². The van der Waals surface area contributed by atoms with Crippen LogP contribution in [0.4, 0.5) is 0 Å². The van der Waals surface area contributed by atoms with Crippen molar-refractivity contribution in [2.75, 3.05) is 6.61 Å². The lowest BCUT2D eigenvalue weighted by molar-refractivity contribution is 0.104. The molecule has 0 heterocycles. The zero-order valence-electron chi connectivity index (χ0n) is 15.2. The molecule has 0 spiro atoms. The second kappa shape index (κ2) is 9.29. The van der Waals surface area contributed by atoms with Gasteiger partial charge in [-0.1, -0.05) is 35.3 Å². The molecule has 0 aliphatic heterocycles. The first-order valence-electron chi connectivity index (χ1n) is 9.18. The Morgan fingerprint density at radius 3 is 2.59 bits per heavy atom. The van der Waals surface area contributed by atoms with Gasteiger partial charge in [-0.3, -0.25) is 4.79 Å². The third-order valence-corrected chi connectivity index (χ3v) is 5.03. The third-order valence-electron chi connectivity index (χ3n) is 4.49. The first-order chi connectivity index (χ1) is 13.1. The molecule has 1 aliphatic carbocycles. The molecule has 0 unspecified atom stereocenters. The average Bonchev–Trinajstić information content (AvgIpc) is 3.15. The van der Waals surface area contributed by atoms with Crippen LogP contribution in [0.5, 0.6) is 11.5 Å². The van der Waals surface area contributed by atoms with Crippen molar-refractivity contribution in [2.24, 2.45) is 0 Å². The Labute approximate surface area is 169 Å². The predicted octanol–water partition coefficient (Wildman–Crippen LogP) is 6.61. The summed E-state index contributed by atoms with van der Waals surface area (Å²) in [6.07, 6.45) is 8.11. The van der Waals surface area contributed by atoms with E-state index in [2.05, 4.69) is 0 Å². The zero-order valence-corrected chi connectivity index (χ0v) is 16.7. The van der Waals surface area contributed by atoms with Crippen LogP contribution in [0.1, 0.15) is 48.5 Å². The molecule has 2 aromatic rings. The molecule has 1 aliphatic rings. The summed E-state index contributed by atoms with van der Waals surface area (Å²) in [6, 6.07) is 10.6. The van der Waals surface area contributed by atoms with E-state index >= 15 is 0 Å². The van der Waals surface area contributed by atoms with Gasteiger partial charge in [0.2, 0.25) is 0 Å². The number of ketones is 1. The van der Waals surface area contributed by atoms with Gasteiger partial charge < -0.3 is 9.47 Å². The summed E-state index contributed by atoms with van der Waals surface area (Å²) in [5.74, 6) is 1.28. The van der Waals surface area contributed by atoms with E-state index in [0.717, 1.165) is 24.2 Å². The Morgan fingerprint density at radius 2 is 1.89 bits per heavy atom. The molecule has 1 fully saturated rings. The van der Waals surface area contributed by atoms with Crippen LogP contribution in [0.25, 0.3) is 6.08 Å². The van der Waals surface area contributed by atoms with Crippen LogP contribution in [0.15, 0.2) is 42.5 Å². The van der Waals surface area contributed by atoms with Crippen molar-refractivity contribution in [2.45, 2.75) is 38.7 Å². The lowest BCUT2D eigenvalue weighted by Crippen LogP contribution is -2.11. The Hall–Kier alpha value is -1.97. The van der Waals surface area contributed by atoms with E-state index in [1.165, 1.54) is 18.9 Å². The van der Waals surface area contributed by atoms with Crippen molar-refractivity contribution in [1.82, 2.24) is 0 Å². The average molecular weight is 405 g/mol. The van der Waals surface area contributed by atoms with E-state index in [4.69, 9.17) is 32.7 Å². The monoisotopic (exact) mass is 404 g/mol. The Bertz CT molecular complexity index is 839. The minimum atomic E-state index is -0.180. The molecule has 0 N–H and O–H groups in total. The van der Waals surface area contributed by atoms with E-state index in [-0.39, 0.29) is 11.9 Å². The molecule has 5 heteroatoms. The quantitative estimate of drug-likeness (QED) is 0.384. The smallest absolute Gasteiger partial charge is 0.187 e. The zero-order chi connectivity index (χ0) is 19.2. The summed E-state index contributed by atoms with van der Waals surface area (Å²) in [6.45, 7) is 2.49. The molecule has 0 bridgehead atoms. The molecule has 0 aromatic heterocycles. The van der Waals surface area contributed by atoms with E-state index < -0.39 is 0 Å². The van der Waals surface area contributed by atoms with Gasteiger partial charge >= 0.3 is 0 Å².